The Balaban J connectivity index is 2.67. The van der Waals surface area contributed by atoms with E-state index in [1.165, 1.54) is 19.1 Å². The molecule has 0 aliphatic rings. The highest BCUT2D eigenvalue weighted by atomic mass is 16.2. The monoisotopic (exact) mass is 302 g/mol. The van der Waals surface area contributed by atoms with Gasteiger partial charge in [-0.05, 0) is 37.1 Å². The van der Waals surface area contributed by atoms with Crippen LogP contribution in [-0.2, 0) is 9.59 Å². The third-order valence-corrected chi connectivity index (χ3v) is 2.90. The molecule has 0 aliphatic heterocycles. The topological polar surface area (TPSA) is 125 Å². The zero-order valence-corrected chi connectivity index (χ0v) is 12.3. The molecule has 0 fully saturated rings. The van der Waals surface area contributed by atoms with Crippen LogP contribution in [0.2, 0.25) is 0 Å². The van der Waals surface area contributed by atoms with Crippen molar-refractivity contribution >= 4 is 23.4 Å². The van der Waals surface area contributed by atoms with Gasteiger partial charge in [0, 0.05) is 24.6 Å². The van der Waals surface area contributed by atoms with E-state index in [-0.39, 0.29) is 5.91 Å². The number of carbonyl (C=O) groups excluding carboxylic acids is 3. The summed E-state index contributed by atoms with van der Waals surface area (Å²) in [4.78, 5) is 34.3. The van der Waals surface area contributed by atoms with E-state index in [0.29, 0.717) is 30.5 Å². The Morgan fingerprint density at radius 3 is 2.41 bits per heavy atom. The smallest absolute Gasteiger partial charge is 0.251 e. The molecule has 3 amide bonds. The third kappa shape index (κ3) is 5.63. The Hall–Kier alpha value is -2.88. The molecule has 7 heteroatoms. The van der Waals surface area contributed by atoms with Gasteiger partial charge >= 0.3 is 0 Å². The van der Waals surface area contributed by atoms with Gasteiger partial charge in [-0.25, -0.2) is 0 Å². The standard InChI is InChI=1S/C15H18N4O3/c1-10(20)18-12-7-5-11(6-8-12)15(22)19-13(14(17)21)4-2-3-9-16/h5-8,13H,2-4H2,1H3,(H2,17,21)(H,18,20)(H,19,22)/t13-/m0/s1. The minimum Gasteiger partial charge on any atom is -0.368 e. The van der Waals surface area contributed by atoms with E-state index < -0.39 is 17.9 Å². The number of nitrogens with one attached hydrogen (secondary N) is 2. The van der Waals surface area contributed by atoms with Crippen molar-refractivity contribution in [1.82, 2.24) is 5.32 Å². The van der Waals surface area contributed by atoms with E-state index in [0.717, 1.165) is 0 Å². The lowest BCUT2D eigenvalue weighted by atomic mass is 10.1. The summed E-state index contributed by atoms with van der Waals surface area (Å²) in [7, 11) is 0. The highest BCUT2D eigenvalue weighted by Gasteiger charge is 2.18. The third-order valence-electron chi connectivity index (χ3n) is 2.90. The number of unbranched alkanes of at least 4 members (excludes halogenated alkanes) is 1. The first-order valence-electron chi connectivity index (χ1n) is 6.79. The molecule has 1 rings (SSSR count). The maximum Gasteiger partial charge on any atom is 0.251 e. The number of hydrogen-bond donors (Lipinski definition) is 3. The molecular formula is C15H18N4O3. The van der Waals surface area contributed by atoms with Crippen LogP contribution in [0.3, 0.4) is 0 Å². The van der Waals surface area contributed by atoms with Gasteiger partial charge in [-0.3, -0.25) is 14.4 Å². The fourth-order valence-electron chi connectivity index (χ4n) is 1.82. The Labute approximate surface area is 128 Å². The maximum atomic E-state index is 12.1. The minimum absolute atomic E-state index is 0.205. The summed E-state index contributed by atoms with van der Waals surface area (Å²) in [6.45, 7) is 1.39. The van der Waals surface area contributed by atoms with Crippen LogP contribution in [0.5, 0.6) is 0 Å². The lowest BCUT2D eigenvalue weighted by Crippen LogP contribution is -2.44. The summed E-state index contributed by atoms with van der Waals surface area (Å²) < 4.78 is 0. The van der Waals surface area contributed by atoms with Crippen molar-refractivity contribution in [2.24, 2.45) is 5.73 Å². The second kappa shape index (κ2) is 8.42. The first-order valence-corrected chi connectivity index (χ1v) is 6.79. The number of primary amides is 1. The molecule has 0 bridgehead atoms. The largest absolute Gasteiger partial charge is 0.368 e. The van der Waals surface area contributed by atoms with Crippen LogP contribution in [0.15, 0.2) is 24.3 Å². The van der Waals surface area contributed by atoms with Gasteiger partial charge in [0.05, 0.1) is 6.07 Å². The number of benzene rings is 1. The molecule has 1 aromatic rings. The molecule has 1 atom stereocenters. The van der Waals surface area contributed by atoms with Gasteiger partial charge < -0.3 is 16.4 Å². The fraction of sp³-hybridized carbons (Fsp3) is 0.333. The number of anilines is 1. The number of hydrogen-bond acceptors (Lipinski definition) is 4. The lowest BCUT2D eigenvalue weighted by molar-refractivity contribution is -0.120. The Kier molecular flexibility index (Phi) is 6.57. The van der Waals surface area contributed by atoms with E-state index in [4.69, 9.17) is 11.0 Å². The molecule has 0 saturated carbocycles. The van der Waals surface area contributed by atoms with Crippen LogP contribution in [-0.4, -0.2) is 23.8 Å². The van der Waals surface area contributed by atoms with Crippen LogP contribution >= 0.6 is 0 Å². The van der Waals surface area contributed by atoms with Gasteiger partial charge in [-0.2, -0.15) is 5.26 Å². The van der Waals surface area contributed by atoms with Crippen LogP contribution in [0.1, 0.15) is 36.5 Å². The number of nitrogens with zero attached hydrogens (tertiary/aromatic N) is 1. The summed E-state index contributed by atoms with van der Waals surface area (Å²) in [5.41, 5.74) is 6.16. The van der Waals surface area contributed by atoms with Gasteiger partial charge in [-0.1, -0.05) is 0 Å². The number of amides is 3. The van der Waals surface area contributed by atoms with Crippen LogP contribution < -0.4 is 16.4 Å². The molecule has 0 saturated heterocycles. The van der Waals surface area contributed by atoms with E-state index in [1.807, 2.05) is 6.07 Å². The van der Waals surface area contributed by atoms with Crippen LogP contribution in [0.25, 0.3) is 0 Å². The average Bonchev–Trinajstić information content (AvgIpc) is 2.46. The van der Waals surface area contributed by atoms with E-state index >= 15 is 0 Å². The van der Waals surface area contributed by atoms with Crippen molar-refractivity contribution in [2.45, 2.75) is 32.2 Å². The van der Waals surface area contributed by atoms with Gasteiger partial charge in [-0.15, -0.1) is 0 Å². The molecule has 0 radical (unpaired) electrons. The van der Waals surface area contributed by atoms with E-state index in [9.17, 15) is 14.4 Å². The Morgan fingerprint density at radius 1 is 1.27 bits per heavy atom. The average molecular weight is 302 g/mol. The molecule has 0 unspecified atom stereocenters. The molecule has 0 aliphatic carbocycles. The van der Waals surface area contributed by atoms with Crippen molar-refractivity contribution in [2.75, 3.05) is 5.32 Å². The predicted molar refractivity (Wildman–Crippen MR) is 80.7 cm³/mol. The van der Waals surface area contributed by atoms with Gasteiger partial charge in [0.1, 0.15) is 6.04 Å². The van der Waals surface area contributed by atoms with Crippen molar-refractivity contribution in [3.8, 4) is 6.07 Å². The SMILES string of the molecule is CC(=O)Nc1ccc(C(=O)N[C@@H](CCCC#N)C(N)=O)cc1. The molecule has 4 N–H and O–H groups in total. The molecule has 0 spiro atoms. The lowest BCUT2D eigenvalue weighted by Gasteiger charge is -2.15. The predicted octanol–water partition coefficient (Wildman–Crippen LogP) is 0.923. The summed E-state index contributed by atoms with van der Waals surface area (Å²) >= 11 is 0. The molecular weight excluding hydrogens is 284 g/mol. The van der Waals surface area contributed by atoms with Gasteiger partial charge in [0.25, 0.3) is 5.91 Å². The van der Waals surface area contributed by atoms with Gasteiger partial charge in [0.15, 0.2) is 0 Å². The number of nitrogens with two attached hydrogens (primary N) is 1. The molecule has 0 aromatic heterocycles. The summed E-state index contributed by atoms with van der Waals surface area (Å²) in [6.07, 6.45) is 1.09. The molecule has 1 aromatic carbocycles. The van der Waals surface area contributed by atoms with Crippen molar-refractivity contribution < 1.29 is 14.4 Å². The van der Waals surface area contributed by atoms with Crippen LogP contribution in [0.4, 0.5) is 5.69 Å². The minimum atomic E-state index is -0.809. The number of nitriles is 1. The Morgan fingerprint density at radius 2 is 1.91 bits per heavy atom. The summed E-state index contributed by atoms with van der Waals surface area (Å²) in [5, 5.41) is 13.6. The second-order valence-corrected chi connectivity index (χ2v) is 4.74. The Bertz CT molecular complexity index is 590. The van der Waals surface area contributed by atoms with E-state index in [1.54, 1.807) is 12.1 Å². The maximum absolute atomic E-state index is 12.1. The summed E-state index contributed by atoms with van der Waals surface area (Å²) in [6, 6.07) is 7.41. The first-order chi connectivity index (χ1) is 10.4. The van der Waals surface area contributed by atoms with Crippen molar-refractivity contribution in [1.29, 1.82) is 5.26 Å². The fourth-order valence-corrected chi connectivity index (χ4v) is 1.82. The normalized spacial score (nSPS) is 11.1. The molecule has 7 nitrogen and oxygen atoms in total. The zero-order chi connectivity index (χ0) is 16.5. The highest BCUT2D eigenvalue weighted by Crippen LogP contribution is 2.10. The number of rotatable bonds is 7. The second-order valence-electron chi connectivity index (χ2n) is 4.74. The first kappa shape index (κ1) is 17.2. The molecule has 116 valence electrons. The van der Waals surface area contributed by atoms with Crippen molar-refractivity contribution in [3.63, 3.8) is 0 Å². The summed E-state index contributed by atoms with van der Waals surface area (Å²) in [5.74, 6) is -1.28. The quantitative estimate of drug-likeness (QED) is 0.647. The molecule has 22 heavy (non-hydrogen) atoms. The van der Waals surface area contributed by atoms with Crippen molar-refractivity contribution in [3.05, 3.63) is 29.8 Å². The van der Waals surface area contributed by atoms with Gasteiger partial charge in [0.2, 0.25) is 11.8 Å². The highest BCUT2D eigenvalue weighted by molar-refractivity contribution is 5.98. The molecule has 0 heterocycles. The van der Waals surface area contributed by atoms with Crippen LogP contribution in [0, 0.1) is 11.3 Å². The zero-order valence-electron chi connectivity index (χ0n) is 12.3. The number of carbonyl (C=O) groups is 3. The van der Waals surface area contributed by atoms with E-state index in [2.05, 4.69) is 10.6 Å².